The lowest BCUT2D eigenvalue weighted by atomic mass is 9.92. The number of fused-ring (bicyclic) bond motifs is 1. The number of carbonyl (C=O) groups is 1. The summed E-state index contributed by atoms with van der Waals surface area (Å²) in [5, 5.41) is 12.6. The average molecular weight is 365 g/mol. The summed E-state index contributed by atoms with van der Waals surface area (Å²) in [4.78, 5) is 25.6. The standard InChI is InChI=1S/C18H21F2N3O3/c1-21-15-4-5-22(10-13(15)18(25)26)6-7-23-16-9-11(19)8-14(20)12(16)2-3-17(23)24/h2-3,8-9,13,15,21H,4-7,10H2,1H3,(H,25,26)/t13-,15-/m1/s1. The predicted octanol–water partition coefficient (Wildman–Crippen LogP) is 1.27. The van der Waals surface area contributed by atoms with E-state index in [1.807, 2.05) is 4.90 Å². The number of hydrogen-bond donors (Lipinski definition) is 2. The normalized spacial score (nSPS) is 21.2. The van der Waals surface area contributed by atoms with Crippen LogP contribution in [0.25, 0.3) is 10.9 Å². The van der Waals surface area contributed by atoms with Gasteiger partial charge in [0.2, 0.25) is 0 Å². The first-order chi connectivity index (χ1) is 12.4. The number of aliphatic carboxylic acids is 1. The number of hydrogen-bond acceptors (Lipinski definition) is 4. The van der Waals surface area contributed by atoms with Gasteiger partial charge in [0, 0.05) is 43.2 Å². The fourth-order valence-corrected chi connectivity index (χ4v) is 3.61. The largest absolute Gasteiger partial charge is 0.481 e. The Balaban J connectivity index is 1.81. The van der Waals surface area contributed by atoms with Gasteiger partial charge in [-0.1, -0.05) is 0 Å². The van der Waals surface area contributed by atoms with Crippen LogP contribution in [-0.2, 0) is 11.3 Å². The van der Waals surface area contributed by atoms with Gasteiger partial charge in [-0.15, -0.1) is 0 Å². The van der Waals surface area contributed by atoms with E-state index in [2.05, 4.69) is 5.32 Å². The molecule has 0 bridgehead atoms. The number of benzene rings is 1. The van der Waals surface area contributed by atoms with Crippen LogP contribution >= 0.6 is 0 Å². The lowest BCUT2D eigenvalue weighted by molar-refractivity contribution is -0.144. The molecule has 1 aliphatic rings. The number of nitrogens with zero attached hydrogens (tertiary/aromatic N) is 2. The zero-order valence-corrected chi connectivity index (χ0v) is 14.4. The molecule has 8 heteroatoms. The number of nitrogens with one attached hydrogen (secondary N) is 1. The minimum absolute atomic E-state index is 0.0905. The van der Waals surface area contributed by atoms with Gasteiger partial charge in [-0.2, -0.15) is 0 Å². The van der Waals surface area contributed by atoms with Gasteiger partial charge in [0.1, 0.15) is 11.6 Å². The third-order valence-corrected chi connectivity index (χ3v) is 5.05. The summed E-state index contributed by atoms with van der Waals surface area (Å²) < 4.78 is 28.9. The molecule has 1 aliphatic heterocycles. The second-order valence-corrected chi connectivity index (χ2v) is 6.57. The fourth-order valence-electron chi connectivity index (χ4n) is 3.61. The molecule has 2 aromatic rings. The smallest absolute Gasteiger partial charge is 0.309 e. The molecule has 0 spiro atoms. The maximum absolute atomic E-state index is 13.9. The molecule has 0 unspecified atom stereocenters. The van der Waals surface area contributed by atoms with Gasteiger partial charge in [0.05, 0.1) is 11.4 Å². The Bertz CT molecular complexity index is 884. The summed E-state index contributed by atoms with van der Waals surface area (Å²) in [5.41, 5.74) is -0.141. The average Bonchev–Trinajstić information content (AvgIpc) is 2.60. The highest BCUT2D eigenvalue weighted by molar-refractivity contribution is 5.79. The van der Waals surface area contributed by atoms with Crippen molar-refractivity contribution in [2.75, 3.05) is 26.7 Å². The highest BCUT2D eigenvalue weighted by Crippen LogP contribution is 2.20. The van der Waals surface area contributed by atoms with E-state index < -0.39 is 23.5 Å². The van der Waals surface area contributed by atoms with Crippen molar-refractivity contribution >= 4 is 16.9 Å². The molecule has 26 heavy (non-hydrogen) atoms. The van der Waals surface area contributed by atoms with Crippen molar-refractivity contribution < 1.29 is 18.7 Å². The Labute approximate surface area is 149 Å². The number of rotatable bonds is 5. The van der Waals surface area contributed by atoms with Crippen LogP contribution in [0.2, 0.25) is 0 Å². The Morgan fingerprint density at radius 2 is 2.08 bits per heavy atom. The van der Waals surface area contributed by atoms with Crippen molar-refractivity contribution in [3.05, 3.63) is 46.3 Å². The van der Waals surface area contributed by atoms with E-state index in [4.69, 9.17) is 0 Å². The summed E-state index contributed by atoms with van der Waals surface area (Å²) in [6, 6.07) is 4.45. The van der Waals surface area contributed by atoms with Crippen molar-refractivity contribution in [2.45, 2.75) is 19.0 Å². The van der Waals surface area contributed by atoms with Gasteiger partial charge in [-0.05, 0) is 32.1 Å². The number of carboxylic acid groups (broad SMARTS) is 1. The Hall–Kier alpha value is -2.32. The first-order valence-electron chi connectivity index (χ1n) is 8.51. The lowest BCUT2D eigenvalue weighted by Gasteiger charge is -2.36. The van der Waals surface area contributed by atoms with Crippen molar-refractivity contribution in [1.82, 2.24) is 14.8 Å². The van der Waals surface area contributed by atoms with Crippen LogP contribution in [0.15, 0.2) is 29.1 Å². The molecule has 1 aromatic heterocycles. The lowest BCUT2D eigenvalue weighted by Crippen LogP contribution is -2.52. The quantitative estimate of drug-likeness (QED) is 0.835. The maximum atomic E-state index is 13.9. The molecule has 1 saturated heterocycles. The summed E-state index contributed by atoms with van der Waals surface area (Å²) in [6.07, 6.45) is 0.682. The molecule has 1 fully saturated rings. The van der Waals surface area contributed by atoms with Gasteiger partial charge in [0.15, 0.2) is 0 Å². The number of likely N-dealkylation sites (tertiary alicyclic amines) is 1. The monoisotopic (exact) mass is 365 g/mol. The summed E-state index contributed by atoms with van der Waals surface area (Å²) in [7, 11) is 1.75. The van der Waals surface area contributed by atoms with Crippen molar-refractivity contribution in [3.8, 4) is 0 Å². The molecule has 3 rings (SSSR count). The molecule has 6 nitrogen and oxygen atoms in total. The Morgan fingerprint density at radius 3 is 2.77 bits per heavy atom. The van der Waals surface area contributed by atoms with Gasteiger partial charge in [-0.3, -0.25) is 9.59 Å². The van der Waals surface area contributed by atoms with Gasteiger partial charge in [0.25, 0.3) is 5.56 Å². The maximum Gasteiger partial charge on any atom is 0.309 e. The molecule has 2 atom stereocenters. The van der Waals surface area contributed by atoms with E-state index in [0.29, 0.717) is 26.1 Å². The second-order valence-electron chi connectivity index (χ2n) is 6.57. The molecular weight excluding hydrogens is 344 g/mol. The van der Waals surface area contributed by atoms with Crippen molar-refractivity contribution in [3.63, 3.8) is 0 Å². The van der Waals surface area contributed by atoms with Gasteiger partial charge < -0.3 is 19.9 Å². The molecule has 0 aliphatic carbocycles. The highest BCUT2D eigenvalue weighted by atomic mass is 19.1. The van der Waals surface area contributed by atoms with E-state index in [9.17, 15) is 23.5 Å². The Morgan fingerprint density at radius 1 is 1.31 bits per heavy atom. The first-order valence-corrected chi connectivity index (χ1v) is 8.51. The molecule has 140 valence electrons. The van der Waals surface area contributed by atoms with Crippen LogP contribution < -0.4 is 10.9 Å². The minimum atomic E-state index is -0.861. The number of pyridine rings is 1. The minimum Gasteiger partial charge on any atom is -0.481 e. The van der Waals surface area contributed by atoms with Crippen LogP contribution in [-0.4, -0.2) is 53.3 Å². The van der Waals surface area contributed by atoms with Crippen LogP contribution in [0, 0.1) is 17.6 Å². The number of halogens is 2. The van der Waals surface area contributed by atoms with E-state index in [-0.39, 0.29) is 29.0 Å². The molecule has 0 amide bonds. The van der Waals surface area contributed by atoms with Crippen molar-refractivity contribution in [1.29, 1.82) is 0 Å². The topological polar surface area (TPSA) is 74.6 Å². The number of aromatic nitrogens is 1. The number of piperidine rings is 1. The molecule has 2 N–H and O–H groups in total. The zero-order valence-electron chi connectivity index (χ0n) is 14.4. The van der Waals surface area contributed by atoms with Gasteiger partial charge >= 0.3 is 5.97 Å². The fraction of sp³-hybridized carbons (Fsp3) is 0.444. The molecule has 2 heterocycles. The molecule has 0 saturated carbocycles. The molecule has 1 aromatic carbocycles. The van der Waals surface area contributed by atoms with Crippen LogP contribution in [0.3, 0.4) is 0 Å². The zero-order chi connectivity index (χ0) is 18.8. The molecular formula is C18H21F2N3O3. The van der Waals surface area contributed by atoms with Crippen LogP contribution in [0.5, 0.6) is 0 Å². The SMILES string of the molecule is CN[C@@H]1CCN(CCn2c(=O)ccc3c(F)cc(F)cc32)C[C@H]1C(=O)O. The van der Waals surface area contributed by atoms with Crippen LogP contribution in [0.1, 0.15) is 6.42 Å². The second kappa shape index (κ2) is 7.51. The summed E-state index contributed by atoms with van der Waals surface area (Å²) >= 11 is 0. The van der Waals surface area contributed by atoms with Gasteiger partial charge in [-0.25, -0.2) is 8.78 Å². The van der Waals surface area contributed by atoms with Crippen LogP contribution in [0.4, 0.5) is 8.78 Å². The van der Waals surface area contributed by atoms with Crippen molar-refractivity contribution in [2.24, 2.45) is 5.92 Å². The van der Waals surface area contributed by atoms with E-state index in [0.717, 1.165) is 12.1 Å². The van der Waals surface area contributed by atoms with E-state index in [1.54, 1.807) is 7.05 Å². The van der Waals surface area contributed by atoms with E-state index in [1.165, 1.54) is 16.7 Å². The number of carboxylic acids is 1. The predicted molar refractivity (Wildman–Crippen MR) is 93.2 cm³/mol. The first kappa shape index (κ1) is 18.5. The third-order valence-electron chi connectivity index (χ3n) is 5.05. The van der Waals surface area contributed by atoms with E-state index >= 15 is 0 Å². The summed E-state index contributed by atoms with van der Waals surface area (Å²) in [5.74, 6) is -2.85. The highest BCUT2D eigenvalue weighted by Gasteiger charge is 2.33. The molecule has 0 radical (unpaired) electrons. The summed E-state index contributed by atoms with van der Waals surface area (Å²) in [6.45, 7) is 1.72. The third kappa shape index (κ3) is 3.61. The Kier molecular flexibility index (Phi) is 5.33.